The lowest BCUT2D eigenvalue weighted by atomic mass is 10.0. The maximum atomic E-state index is 12.4. The molecule has 1 aliphatic heterocycles. The maximum absolute atomic E-state index is 12.4. The molecule has 2 heterocycles. The standard InChI is InChI=1S/C18H22N4O2/c1-11-8-12(2)20-17(23)14(11)10-19-18(24)16-9-15(21-22-16)13-6-4-3-5-7-13/h3-8,15-16,21-22H,9-10H2,1-2H3,(H,19,24)(H,20,23). The van der Waals surface area contributed by atoms with Crippen LogP contribution in [0.2, 0.25) is 0 Å². The summed E-state index contributed by atoms with van der Waals surface area (Å²) in [5.41, 5.74) is 9.49. The van der Waals surface area contributed by atoms with Gasteiger partial charge in [0.05, 0.1) is 0 Å². The molecule has 0 spiro atoms. The molecule has 2 atom stereocenters. The van der Waals surface area contributed by atoms with Crippen LogP contribution in [0.5, 0.6) is 0 Å². The van der Waals surface area contributed by atoms with Crippen LogP contribution in [0.4, 0.5) is 0 Å². The fourth-order valence-corrected chi connectivity index (χ4v) is 3.03. The Kier molecular flexibility index (Phi) is 4.78. The molecular formula is C18H22N4O2. The van der Waals surface area contributed by atoms with Crippen molar-refractivity contribution in [3.8, 4) is 0 Å². The van der Waals surface area contributed by atoms with Crippen molar-refractivity contribution in [1.29, 1.82) is 0 Å². The molecule has 1 aliphatic rings. The predicted molar refractivity (Wildman–Crippen MR) is 92.2 cm³/mol. The van der Waals surface area contributed by atoms with Gasteiger partial charge in [0, 0.05) is 23.8 Å². The third-order valence-corrected chi connectivity index (χ3v) is 4.35. The van der Waals surface area contributed by atoms with Crippen molar-refractivity contribution in [2.45, 2.75) is 38.9 Å². The lowest BCUT2D eigenvalue weighted by Crippen LogP contribution is -2.43. The molecule has 1 saturated heterocycles. The number of hydrogen-bond donors (Lipinski definition) is 4. The summed E-state index contributed by atoms with van der Waals surface area (Å²) in [5.74, 6) is -0.111. The minimum atomic E-state index is -0.319. The van der Waals surface area contributed by atoms with Gasteiger partial charge >= 0.3 is 0 Å². The topological polar surface area (TPSA) is 86.0 Å². The first-order valence-corrected chi connectivity index (χ1v) is 8.07. The molecule has 24 heavy (non-hydrogen) atoms. The van der Waals surface area contributed by atoms with E-state index in [1.165, 1.54) is 0 Å². The smallest absolute Gasteiger partial charge is 0.253 e. The number of rotatable bonds is 4. The highest BCUT2D eigenvalue weighted by atomic mass is 16.2. The Labute approximate surface area is 140 Å². The van der Waals surface area contributed by atoms with Crippen molar-refractivity contribution < 1.29 is 4.79 Å². The Hall–Kier alpha value is -2.44. The third-order valence-electron chi connectivity index (χ3n) is 4.35. The van der Waals surface area contributed by atoms with Crippen molar-refractivity contribution in [3.05, 3.63) is 69.1 Å². The zero-order valence-corrected chi connectivity index (χ0v) is 13.8. The molecule has 126 valence electrons. The average Bonchev–Trinajstić information content (AvgIpc) is 3.04. The zero-order chi connectivity index (χ0) is 17.1. The highest BCUT2D eigenvalue weighted by Crippen LogP contribution is 2.21. The van der Waals surface area contributed by atoms with Crippen LogP contribution in [-0.4, -0.2) is 16.9 Å². The van der Waals surface area contributed by atoms with Gasteiger partial charge in [0.15, 0.2) is 0 Å². The van der Waals surface area contributed by atoms with Crippen LogP contribution >= 0.6 is 0 Å². The summed E-state index contributed by atoms with van der Waals surface area (Å²) in [6.45, 7) is 3.95. The number of benzene rings is 1. The van der Waals surface area contributed by atoms with Crippen molar-refractivity contribution in [2.75, 3.05) is 0 Å². The summed E-state index contributed by atoms with van der Waals surface area (Å²) in [6, 6.07) is 11.7. The third kappa shape index (κ3) is 3.55. The number of aromatic amines is 1. The SMILES string of the molecule is Cc1cc(C)c(CNC(=O)C2CC(c3ccccc3)NN2)c(=O)[nH]1. The number of aromatic nitrogens is 1. The zero-order valence-electron chi connectivity index (χ0n) is 13.8. The van der Waals surface area contributed by atoms with E-state index >= 15 is 0 Å². The summed E-state index contributed by atoms with van der Waals surface area (Å²) in [4.78, 5) is 27.1. The van der Waals surface area contributed by atoms with Crippen LogP contribution in [-0.2, 0) is 11.3 Å². The van der Waals surface area contributed by atoms with Gasteiger partial charge in [-0.05, 0) is 37.5 Å². The first-order chi connectivity index (χ1) is 11.5. The van der Waals surface area contributed by atoms with Crippen LogP contribution in [0, 0.1) is 13.8 Å². The van der Waals surface area contributed by atoms with Gasteiger partial charge in [-0.3, -0.25) is 9.59 Å². The van der Waals surface area contributed by atoms with Gasteiger partial charge in [0.25, 0.3) is 5.56 Å². The molecule has 0 saturated carbocycles. The quantitative estimate of drug-likeness (QED) is 0.680. The molecule has 1 fully saturated rings. The number of nitrogens with one attached hydrogen (secondary N) is 4. The van der Waals surface area contributed by atoms with Gasteiger partial charge in [-0.2, -0.15) is 0 Å². The predicted octanol–water partition coefficient (Wildman–Crippen LogP) is 1.22. The number of carbonyl (C=O) groups is 1. The van der Waals surface area contributed by atoms with E-state index in [1.54, 1.807) is 0 Å². The maximum Gasteiger partial charge on any atom is 0.253 e. The van der Waals surface area contributed by atoms with E-state index in [1.807, 2.05) is 50.2 Å². The van der Waals surface area contributed by atoms with Crippen molar-refractivity contribution in [1.82, 2.24) is 21.2 Å². The normalized spacial score (nSPS) is 20.1. The molecule has 0 radical (unpaired) electrons. The molecule has 4 N–H and O–H groups in total. The molecule has 0 aliphatic carbocycles. The molecule has 2 unspecified atom stereocenters. The Bertz CT molecular complexity index is 785. The lowest BCUT2D eigenvalue weighted by Gasteiger charge is -2.12. The van der Waals surface area contributed by atoms with E-state index in [0.29, 0.717) is 12.0 Å². The van der Waals surface area contributed by atoms with Crippen LogP contribution < -0.4 is 21.7 Å². The number of aryl methyl sites for hydroxylation is 2. The van der Waals surface area contributed by atoms with Gasteiger partial charge in [0.1, 0.15) is 6.04 Å². The number of hydrogen-bond acceptors (Lipinski definition) is 4. The Morgan fingerprint density at radius 2 is 1.96 bits per heavy atom. The summed E-state index contributed by atoms with van der Waals surface area (Å²) in [7, 11) is 0. The molecule has 1 aromatic carbocycles. The van der Waals surface area contributed by atoms with Crippen molar-refractivity contribution in [2.24, 2.45) is 0 Å². The monoisotopic (exact) mass is 326 g/mol. The van der Waals surface area contributed by atoms with Gasteiger partial charge < -0.3 is 10.3 Å². The number of hydrazine groups is 1. The summed E-state index contributed by atoms with van der Waals surface area (Å²) in [6.07, 6.45) is 0.666. The summed E-state index contributed by atoms with van der Waals surface area (Å²) >= 11 is 0. The molecule has 1 amide bonds. The highest BCUT2D eigenvalue weighted by molar-refractivity contribution is 5.82. The van der Waals surface area contributed by atoms with Crippen molar-refractivity contribution in [3.63, 3.8) is 0 Å². The molecule has 6 nitrogen and oxygen atoms in total. The second kappa shape index (κ2) is 6.98. The summed E-state index contributed by atoms with van der Waals surface area (Å²) in [5, 5.41) is 2.85. The largest absolute Gasteiger partial charge is 0.350 e. The molecule has 1 aromatic heterocycles. The van der Waals surface area contributed by atoms with Gasteiger partial charge in [-0.15, -0.1) is 0 Å². The summed E-state index contributed by atoms with van der Waals surface area (Å²) < 4.78 is 0. The van der Waals surface area contributed by atoms with Crippen LogP contribution in [0.25, 0.3) is 0 Å². The first-order valence-electron chi connectivity index (χ1n) is 8.07. The Balaban J connectivity index is 1.60. The second-order valence-electron chi connectivity index (χ2n) is 6.20. The second-order valence-corrected chi connectivity index (χ2v) is 6.20. The van der Waals surface area contributed by atoms with Crippen LogP contribution in [0.15, 0.2) is 41.2 Å². The average molecular weight is 326 g/mol. The fraction of sp³-hybridized carbons (Fsp3) is 0.333. The number of carbonyl (C=O) groups excluding carboxylic acids is 1. The van der Waals surface area contributed by atoms with E-state index in [-0.39, 0.29) is 30.1 Å². The molecule has 3 rings (SSSR count). The van der Waals surface area contributed by atoms with E-state index in [9.17, 15) is 9.59 Å². The van der Waals surface area contributed by atoms with Gasteiger partial charge in [-0.1, -0.05) is 30.3 Å². The van der Waals surface area contributed by atoms with Gasteiger partial charge in [0.2, 0.25) is 5.91 Å². The Morgan fingerprint density at radius 1 is 1.21 bits per heavy atom. The number of pyridine rings is 1. The molecule has 6 heteroatoms. The van der Waals surface area contributed by atoms with Crippen LogP contribution in [0.3, 0.4) is 0 Å². The number of H-pyrrole nitrogens is 1. The van der Waals surface area contributed by atoms with Crippen molar-refractivity contribution >= 4 is 5.91 Å². The highest BCUT2D eigenvalue weighted by Gasteiger charge is 2.29. The van der Waals surface area contributed by atoms with Crippen LogP contribution in [0.1, 0.15) is 34.8 Å². The minimum Gasteiger partial charge on any atom is -0.350 e. The minimum absolute atomic E-state index is 0.103. The van der Waals surface area contributed by atoms with E-state index in [2.05, 4.69) is 21.2 Å². The fourth-order valence-electron chi connectivity index (χ4n) is 3.03. The lowest BCUT2D eigenvalue weighted by molar-refractivity contribution is -0.123. The first kappa shape index (κ1) is 16.4. The molecular weight excluding hydrogens is 304 g/mol. The number of amides is 1. The van der Waals surface area contributed by atoms with E-state index in [4.69, 9.17) is 0 Å². The van der Waals surface area contributed by atoms with E-state index < -0.39 is 0 Å². The van der Waals surface area contributed by atoms with E-state index in [0.717, 1.165) is 16.8 Å². The Morgan fingerprint density at radius 3 is 2.67 bits per heavy atom. The molecule has 0 bridgehead atoms. The van der Waals surface area contributed by atoms with Gasteiger partial charge in [-0.25, -0.2) is 10.9 Å². The molecule has 2 aromatic rings.